The molecule has 7 nitrogen and oxygen atoms in total. The van der Waals surface area contributed by atoms with Crippen LogP contribution in [0.25, 0.3) is 10.2 Å². The summed E-state index contributed by atoms with van der Waals surface area (Å²) < 4.78 is 48.2. The molecule has 2 heterocycles. The van der Waals surface area contributed by atoms with Gasteiger partial charge in [0.25, 0.3) is 5.91 Å². The summed E-state index contributed by atoms with van der Waals surface area (Å²) in [6.45, 7) is 7.83. The van der Waals surface area contributed by atoms with Gasteiger partial charge in [0.1, 0.15) is 11.8 Å². The SMILES string of the molecule is CCCCn1c(=NC(=O)c2cc(C(F)(F)F)ccc2OC(=O)[C@H](C)NC(C)C)sc2ccncc21. The second-order valence-electron chi connectivity index (χ2n) is 8.32. The number of benzene rings is 1. The molecule has 1 amide bonds. The Kier molecular flexibility index (Phi) is 8.44. The van der Waals surface area contributed by atoms with Gasteiger partial charge in [-0.05, 0) is 37.6 Å². The molecule has 1 aromatic carbocycles. The molecule has 35 heavy (non-hydrogen) atoms. The molecule has 0 saturated carbocycles. The highest BCUT2D eigenvalue weighted by Crippen LogP contribution is 2.33. The van der Waals surface area contributed by atoms with Crippen molar-refractivity contribution in [1.82, 2.24) is 14.9 Å². The number of fused-ring (bicyclic) bond motifs is 1. The van der Waals surface area contributed by atoms with Crippen LogP contribution in [0, 0.1) is 0 Å². The first-order valence-corrected chi connectivity index (χ1v) is 12.0. The van der Waals surface area contributed by atoms with Crippen molar-refractivity contribution in [3.63, 3.8) is 0 Å². The summed E-state index contributed by atoms with van der Waals surface area (Å²) in [6, 6.07) is 3.44. The Morgan fingerprint density at radius 1 is 1.23 bits per heavy atom. The van der Waals surface area contributed by atoms with E-state index in [0.717, 1.165) is 35.2 Å². The Morgan fingerprint density at radius 2 is 1.97 bits per heavy atom. The van der Waals surface area contributed by atoms with E-state index < -0.39 is 35.2 Å². The van der Waals surface area contributed by atoms with E-state index in [1.54, 1.807) is 25.4 Å². The predicted octanol–water partition coefficient (Wildman–Crippen LogP) is 4.95. The van der Waals surface area contributed by atoms with Gasteiger partial charge in [-0.1, -0.05) is 38.5 Å². The lowest BCUT2D eigenvalue weighted by Crippen LogP contribution is -2.40. The molecule has 0 aliphatic carbocycles. The zero-order valence-corrected chi connectivity index (χ0v) is 20.7. The predicted molar refractivity (Wildman–Crippen MR) is 127 cm³/mol. The number of halogens is 3. The molecule has 0 fully saturated rings. The maximum absolute atomic E-state index is 13.4. The molecular weight excluding hydrogens is 481 g/mol. The summed E-state index contributed by atoms with van der Waals surface area (Å²) in [5.41, 5.74) is -0.701. The molecule has 0 radical (unpaired) electrons. The third-order valence-corrected chi connectivity index (χ3v) is 6.16. The van der Waals surface area contributed by atoms with Crippen LogP contribution in [0.15, 0.2) is 41.7 Å². The van der Waals surface area contributed by atoms with Gasteiger partial charge in [-0.15, -0.1) is 0 Å². The second kappa shape index (κ2) is 11.1. The van der Waals surface area contributed by atoms with Crippen molar-refractivity contribution in [3.8, 4) is 5.75 Å². The fraction of sp³-hybridized carbons (Fsp3) is 0.417. The van der Waals surface area contributed by atoms with Gasteiger partial charge in [0.05, 0.1) is 27.5 Å². The molecule has 3 aromatic rings. The van der Waals surface area contributed by atoms with E-state index in [2.05, 4.69) is 15.3 Å². The van der Waals surface area contributed by atoms with Crippen molar-refractivity contribution in [2.24, 2.45) is 4.99 Å². The summed E-state index contributed by atoms with van der Waals surface area (Å²) in [6.07, 6.45) is 0.300. The van der Waals surface area contributed by atoms with Gasteiger partial charge in [-0.3, -0.25) is 9.78 Å². The number of aromatic nitrogens is 2. The molecule has 0 spiro atoms. The Balaban J connectivity index is 2.08. The van der Waals surface area contributed by atoms with Gasteiger partial charge in [-0.2, -0.15) is 18.2 Å². The lowest BCUT2D eigenvalue weighted by atomic mass is 10.1. The molecule has 0 aliphatic heterocycles. The largest absolute Gasteiger partial charge is 0.425 e. The minimum absolute atomic E-state index is 0.0257. The number of nitrogens with one attached hydrogen (secondary N) is 1. The Labute approximate surface area is 204 Å². The van der Waals surface area contributed by atoms with Gasteiger partial charge in [0.2, 0.25) is 0 Å². The number of carbonyl (C=O) groups is 2. The van der Waals surface area contributed by atoms with E-state index in [4.69, 9.17) is 4.74 Å². The number of carbonyl (C=O) groups excluding carboxylic acids is 2. The smallest absolute Gasteiger partial charge is 0.416 e. The number of rotatable bonds is 8. The van der Waals surface area contributed by atoms with Crippen molar-refractivity contribution >= 4 is 33.4 Å². The van der Waals surface area contributed by atoms with Gasteiger partial charge in [0, 0.05) is 18.8 Å². The van der Waals surface area contributed by atoms with Crippen LogP contribution in [0.2, 0.25) is 0 Å². The maximum Gasteiger partial charge on any atom is 0.416 e. The zero-order valence-electron chi connectivity index (χ0n) is 19.8. The fourth-order valence-electron chi connectivity index (χ4n) is 3.41. The standard InChI is InChI=1S/C24H27F3N4O3S/c1-5-6-11-31-18-13-28-10-9-20(18)35-23(31)30-21(32)17-12-16(24(25,26)27)7-8-19(17)34-22(33)15(4)29-14(2)3/h7-10,12-15,29H,5-6,11H2,1-4H3/t15-/m0/s1. The van der Waals surface area contributed by atoms with E-state index in [1.165, 1.54) is 11.3 Å². The number of unbranched alkanes of at least 4 members (excludes halogenated alkanes) is 1. The van der Waals surface area contributed by atoms with Gasteiger partial charge >= 0.3 is 12.1 Å². The Morgan fingerprint density at radius 3 is 2.63 bits per heavy atom. The monoisotopic (exact) mass is 508 g/mol. The first-order chi connectivity index (χ1) is 16.5. The van der Waals surface area contributed by atoms with Crippen molar-refractivity contribution in [3.05, 3.63) is 52.6 Å². The second-order valence-corrected chi connectivity index (χ2v) is 9.33. The summed E-state index contributed by atoms with van der Waals surface area (Å²) in [5.74, 6) is -1.94. The first kappa shape index (κ1) is 26.6. The average molecular weight is 509 g/mol. The number of amides is 1. The van der Waals surface area contributed by atoms with Crippen LogP contribution in [-0.2, 0) is 17.5 Å². The van der Waals surface area contributed by atoms with Crippen LogP contribution in [0.3, 0.4) is 0 Å². The van der Waals surface area contributed by atoms with Gasteiger partial charge in [-0.25, -0.2) is 4.79 Å². The highest BCUT2D eigenvalue weighted by molar-refractivity contribution is 7.16. The summed E-state index contributed by atoms with van der Waals surface area (Å²) in [7, 11) is 0. The van der Waals surface area contributed by atoms with Gasteiger partial charge in [0.15, 0.2) is 4.80 Å². The molecule has 188 valence electrons. The molecule has 1 atom stereocenters. The number of esters is 1. The molecular formula is C24H27F3N4O3S. The molecule has 0 saturated heterocycles. The molecule has 1 N–H and O–H groups in total. The van der Waals surface area contributed by atoms with Crippen LogP contribution < -0.4 is 14.9 Å². The van der Waals surface area contributed by atoms with E-state index in [1.807, 2.05) is 25.3 Å². The van der Waals surface area contributed by atoms with Crippen LogP contribution in [0.5, 0.6) is 5.75 Å². The number of pyridine rings is 1. The highest BCUT2D eigenvalue weighted by Gasteiger charge is 2.32. The third kappa shape index (κ3) is 6.55. The maximum atomic E-state index is 13.4. The van der Waals surface area contributed by atoms with Crippen molar-refractivity contribution < 1.29 is 27.5 Å². The average Bonchev–Trinajstić information content (AvgIpc) is 3.13. The third-order valence-electron chi connectivity index (χ3n) is 5.10. The number of alkyl halides is 3. The number of aryl methyl sites for hydroxylation is 1. The summed E-state index contributed by atoms with van der Waals surface area (Å²) in [4.78, 5) is 34.3. The molecule has 3 rings (SSSR count). The fourth-order valence-corrected chi connectivity index (χ4v) is 4.43. The topological polar surface area (TPSA) is 85.6 Å². The quantitative estimate of drug-likeness (QED) is 0.344. The molecule has 0 bridgehead atoms. The van der Waals surface area contributed by atoms with E-state index in [0.29, 0.717) is 17.4 Å². The molecule has 0 unspecified atom stereocenters. The van der Waals surface area contributed by atoms with Crippen LogP contribution >= 0.6 is 11.3 Å². The lowest BCUT2D eigenvalue weighted by molar-refractivity contribution is -0.137. The molecule has 0 aliphatic rings. The molecule has 11 heteroatoms. The number of hydrogen-bond donors (Lipinski definition) is 1. The van der Waals surface area contributed by atoms with E-state index in [-0.39, 0.29) is 11.8 Å². The number of nitrogens with zero attached hydrogens (tertiary/aromatic N) is 3. The highest BCUT2D eigenvalue weighted by atomic mass is 32.1. The minimum atomic E-state index is -4.69. The number of thiazole rings is 1. The first-order valence-electron chi connectivity index (χ1n) is 11.2. The van der Waals surface area contributed by atoms with Crippen LogP contribution in [0.4, 0.5) is 13.2 Å². The van der Waals surface area contributed by atoms with Crippen LogP contribution in [-0.4, -0.2) is 33.5 Å². The number of ether oxygens (including phenoxy) is 1. The summed E-state index contributed by atoms with van der Waals surface area (Å²) >= 11 is 1.23. The lowest BCUT2D eigenvalue weighted by Gasteiger charge is -2.17. The normalized spacial score (nSPS) is 13.4. The summed E-state index contributed by atoms with van der Waals surface area (Å²) in [5, 5.41) is 2.96. The van der Waals surface area contributed by atoms with E-state index >= 15 is 0 Å². The van der Waals surface area contributed by atoms with Crippen LogP contribution in [0.1, 0.15) is 56.5 Å². The zero-order chi connectivity index (χ0) is 25.8. The van der Waals surface area contributed by atoms with Gasteiger partial charge < -0.3 is 14.6 Å². The number of hydrogen-bond acceptors (Lipinski definition) is 6. The van der Waals surface area contributed by atoms with E-state index in [9.17, 15) is 22.8 Å². The van der Waals surface area contributed by atoms with Crippen molar-refractivity contribution in [2.75, 3.05) is 0 Å². The molecule has 2 aromatic heterocycles. The van der Waals surface area contributed by atoms with Crippen molar-refractivity contribution in [1.29, 1.82) is 0 Å². The van der Waals surface area contributed by atoms with Crippen molar-refractivity contribution in [2.45, 2.75) is 65.3 Å². The Bertz CT molecular complexity index is 1280. The Hall–Kier alpha value is -3.05. The minimum Gasteiger partial charge on any atom is -0.425 e.